The molecule has 0 atom stereocenters. The number of rotatable bonds is 3. The quantitative estimate of drug-likeness (QED) is 0.805. The SMILES string of the molecule is COC1=C(N=O)C(=O)N/C1=C\c1ccccc1. The summed E-state index contributed by atoms with van der Waals surface area (Å²) in [7, 11) is 1.39. The second-order valence-electron chi connectivity index (χ2n) is 3.40. The van der Waals surface area contributed by atoms with Gasteiger partial charge in [-0.1, -0.05) is 30.3 Å². The van der Waals surface area contributed by atoms with Gasteiger partial charge in [-0.2, -0.15) is 0 Å². The molecule has 0 spiro atoms. The molecule has 2 rings (SSSR count). The monoisotopic (exact) mass is 230 g/mol. The van der Waals surface area contributed by atoms with E-state index in [1.165, 1.54) is 7.11 Å². The van der Waals surface area contributed by atoms with Gasteiger partial charge in [0.1, 0.15) is 0 Å². The van der Waals surface area contributed by atoms with Crippen molar-refractivity contribution in [1.82, 2.24) is 5.32 Å². The molecular formula is C12H10N2O3. The van der Waals surface area contributed by atoms with E-state index < -0.39 is 5.91 Å². The Balaban J connectivity index is 2.42. The first kappa shape index (κ1) is 11.1. The minimum atomic E-state index is -0.543. The molecule has 86 valence electrons. The standard InChI is InChI=1S/C12H10N2O3/c1-17-11-9(13-12(15)10(11)14-16)7-8-5-3-2-4-6-8/h2-7H,1H3,(H,13,15)/b9-7-. The van der Waals surface area contributed by atoms with Gasteiger partial charge >= 0.3 is 0 Å². The number of benzene rings is 1. The number of methoxy groups -OCH3 is 1. The van der Waals surface area contributed by atoms with Crippen LogP contribution in [0.2, 0.25) is 0 Å². The van der Waals surface area contributed by atoms with E-state index in [9.17, 15) is 9.70 Å². The van der Waals surface area contributed by atoms with Gasteiger partial charge in [0, 0.05) is 0 Å². The third-order valence-electron chi connectivity index (χ3n) is 2.33. The molecule has 0 unspecified atom stereocenters. The van der Waals surface area contributed by atoms with Gasteiger partial charge in [0.15, 0.2) is 5.76 Å². The maximum atomic E-state index is 11.4. The Bertz CT molecular complexity index is 518. The summed E-state index contributed by atoms with van der Waals surface area (Å²) in [5.41, 5.74) is 1.11. The fourth-order valence-electron chi connectivity index (χ4n) is 1.58. The van der Waals surface area contributed by atoms with E-state index >= 15 is 0 Å². The number of carbonyl (C=O) groups excluding carboxylic acids is 1. The molecule has 1 heterocycles. The number of amides is 1. The molecule has 0 saturated heterocycles. The topological polar surface area (TPSA) is 67.8 Å². The zero-order chi connectivity index (χ0) is 12.3. The molecule has 1 amide bonds. The lowest BCUT2D eigenvalue weighted by Gasteiger charge is -2.03. The minimum absolute atomic E-state index is 0.175. The van der Waals surface area contributed by atoms with Crippen LogP contribution in [0.1, 0.15) is 5.56 Å². The first-order valence-corrected chi connectivity index (χ1v) is 4.96. The van der Waals surface area contributed by atoms with Crippen LogP contribution in [-0.4, -0.2) is 13.0 Å². The van der Waals surface area contributed by atoms with Crippen LogP contribution in [0.4, 0.5) is 0 Å². The average molecular weight is 230 g/mol. The highest BCUT2D eigenvalue weighted by Gasteiger charge is 2.29. The largest absolute Gasteiger partial charge is 0.492 e. The summed E-state index contributed by atoms with van der Waals surface area (Å²) in [6.45, 7) is 0. The van der Waals surface area contributed by atoms with E-state index in [1.807, 2.05) is 30.3 Å². The molecule has 0 radical (unpaired) electrons. The van der Waals surface area contributed by atoms with E-state index in [0.29, 0.717) is 5.70 Å². The van der Waals surface area contributed by atoms with Crippen molar-refractivity contribution in [1.29, 1.82) is 0 Å². The Hall–Kier alpha value is -2.43. The smallest absolute Gasteiger partial charge is 0.281 e. The van der Waals surface area contributed by atoms with Crippen LogP contribution in [0.3, 0.4) is 0 Å². The molecule has 1 aliphatic rings. The van der Waals surface area contributed by atoms with Gasteiger partial charge in [0.25, 0.3) is 5.91 Å². The second-order valence-corrected chi connectivity index (χ2v) is 3.40. The van der Waals surface area contributed by atoms with E-state index in [0.717, 1.165) is 5.56 Å². The maximum absolute atomic E-state index is 11.4. The number of carbonyl (C=O) groups is 1. The molecule has 1 aliphatic heterocycles. The minimum Gasteiger partial charge on any atom is -0.492 e. The second kappa shape index (κ2) is 4.61. The van der Waals surface area contributed by atoms with Crippen LogP contribution in [-0.2, 0) is 9.53 Å². The number of nitrogens with one attached hydrogen (secondary N) is 1. The van der Waals surface area contributed by atoms with Crippen molar-refractivity contribution < 1.29 is 9.53 Å². The first-order valence-electron chi connectivity index (χ1n) is 4.96. The lowest BCUT2D eigenvalue weighted by molar-refractivity contribution is -0.116. The van der Waals surface area contributed by atoms with Crippen LogP contribution < -0.4 is 5.32 Å². The van der Waals surface area contributed by atoms with E-state index in [2.05, 4.69) is 10.5 Å². The fourth-order valence-corrected chi connectivity index (χ4v) is 1.58. The van der Waals surface area contributed by atoms with Crippen LogP contribution >= 0.6 is 0 Å². The van der Waals surface area contributed by atoms with Crippen molar-refractivity contribution >= 4 is 12.0 Å². The molecule has 17 heavy (non-hydrogen) atoms. The number of hydrogen-bond acceptors (Lipinski definition) is 4. The van der Waals surface area contributed by atoms with Crippen molar-refractivity contribution in [2.75, 3.05) is 7.11 Å². The number of nitrogens with zero attached hydrogens (tertiary/aromatic N) is 1. The van der Waals surface area contributed by atoms with Crippen molar-refractivity contribution in [3.63, 3.8) is 0 Å². The average Bonchev–Trinajstić information content (AvgIpc) is 2.65. The molecule has 0 aromatic heterocycles. The van der Waals surface area contributed by atoms with Crippen LogP contribution in [0, 0.1) is 4.91 Å². The van der Waals surface area contributed by atoms with E-state index in [4.69, 9.17) is 4.74 Å². The maximum Gasteiger partial charge on any atom is 0.281 e. The Kier molecular flexibility index (Phi) is 3.00. The highest BCUT2D eigenvalue weighted by atomic mass is 16.5. The van der Waals surface area contributed by atoms with Gasteiger partial charge in [-0.3, -0.25) is 4.79 Å². The van der Waals surface area contributed by atoms with Gasteiger partial charge in [-0.25, -0.2) is 0 Å². The van der Waals surface area contributed by atoms with Crippen molar-refractivity contribution in [2.24, 2.45) is 5.18 Å². The van der Waals surface area contributed by atoms with E-state index in [-0.39, 0.29) is 11.5 Å². The summed E-state index contributed by atoms with van der Waals surface area (Å²) in [6, 6.07) is 9.38. The Morgan fingerprint density at radius 2 is 2.00 bits per heavy atom. The summed E-state index contributed by atoms with van der Waals surface area (Å²) in [4.78, 5) is 21.9. The molecule has 1 aromatic carbocycles. The predicted molar refractivity (Wildman–Crippen MR) is 62.4 cm³/mol. The van der Waals surface area contributed by atoms with Crippen LogP contribution in [0.25, 0.3) is 6.08 Å². The van der Waals surface area contributed by atoms with Crippen molar-refractivity contribution in [3.05, 3.63) is 58.0 Å². The lowest BCUT2D eigenvalue weighted by Crippen LogP contribution is -2.15. The molecule has 0 aliphatic carbocycles. The highest BCUT2D eigenvalue weighted by molar-refractivity contribution is 6.00. The molecule has 0 bridgehead atoms. The van der Waals surface area contributed by atoms with Crippen molar-refractivity contribution in [2.45, 2.75) is 0 Å². The Morgan fingerprint density at radius 1 is 1.29 bits per heavy atom. The first-order chi connectivity index (χ1) is 8.26. The van der Waals surface area contributed by atoms with Gasteiger partial charge in [-0.15, -0.1) is 4.91 Å². The van der Waals surface area contributed by atoms with Gasteiger partial charge < -0.3 is 10.1 Å². The van der Waals surface area contributed by atoms with Crippen molar-refractivity contribution in [3.8, 4) is 0 Å². The molecule has 0 fully saturated rings. The third kappa shape index (κ3) is 2.08. The van der Waals surface area contributed by atoms with Gasteiger partial charge in [0.2, 0.25) is 5.70 Å². The summed E-state index contributed by atoms with van der Waals surface area (Å²) >= 11 is 0. The zero-order valence-corrected chi connectivity index (χ0v) is 9.14. The molecule has 5 nitrogen and oxygen atoms in total. The molecule has 1 N–H and O–H groups in total. The summed E-state index contributed by atoms with van der Waals surface area (Å²) < 4.78 is 5.00. The Morgan fingerprint density at radius 3 is 2.59 bits per heavy atom. The third-order valence-corrected chi connectivity index (χ3v) is 2.33. The number of nitroso groups, excluding NO2 is 1. The Labute approximate surface area is 97.8 Å². The summed E-state index contributed by atoms with van der Waals surface area (Å²) in [6.07, 6.45) is 1.72. The van der Waals surface area contributed by atoms with E-state index in [1.54, 1.807) is 6.08 Å². The fraction of sp³-hybridized carbons (Fsp3) is 0.0833. The van der Waals surface area contributed by atoms with Crippen LogP contribution in [0.5, 0.6) is 0 Å². The van der Waals surface area contributed by atoms with Gasteiger partial charge in [-0.05, 0) is 16.8 Å². The summed E-state index contributed by atoms with van der Waals surface area (Å²) in [5, 5.41) is 5.20. The molecule has 0 saturated carbocycles. The zero-order valence-electron chi connectivity index (χ0n) is 9.14. The van der Waals surface area contributed by atoms with Gasteiger partial charge in [0.05, 0.1) is 12.8 Å². The molecule has 5 heteroatoms. The summed E-state index contributed by atoms with van der Waals surface area (Å²) in [5.74, 6) is -0.368. The van der Waals surface area contributed by atoms with Crippen LogP contribution in [0.15, 0.2) is 52.7 Å². The number of hydrogen-bond donors (Lipinski definition) is 1. The predicted octanol–water partition coefficient (Wildman–Crippen LogP) is 1.78. The molecule has 1 aromatic rings. The molecular weight excluding hydrogens is 220 g/mol. The number of ether oxygens (including phenoxy) is 1. The normalized spacial score (nSPS) is 17.2. The lowest BCUT2D eigenvalue weighted by atomic mass is 10.2. The highest BCUT2D eigenvalue weighted by Crippen LogP contribution is 2.23.